The minimum absolute atomic E-state index is 0.267. The van der Waals surface area contributed by atoms with Gasteiger partial charge < -0.3 is 5.11 Å². The second kappa shape index (κ2) is 3.48. The van der Waals surface area contributed by atoms with Crippen molar-refractivity contribution in [2.75, 3.05) is 0 Å². The minimum Gasteiger partial charge on any atom is -0.480 e. The van der Waals surface area contributed by atoms with Gasteiger partial charge in [0.15, 0.2) is 5.82 Å². The fourth-order valence-corrected chi connectivity index (χ4v) is 1.18. The van der Waals surface area contributed by atoms with Crippen LogP contribution in [0.4, 0.5) is 0 Å². The summed E-state index contributed by atoms with van der Waals surface area (Å²) in [5, 5.41) is 23.3. The topological polar surface area (TPSA) is 98.7 Å². The van der Waals surface area contributed by atoms with E-state index in [-0.39, 0.29) is 6.54 Å². The van der Waals surface area contributed by atoms with Crippen molar-refractivity contribution in [1.29, 1.82) is 0 Å². The Morgan fingerprint density at radius 1 is 1.60 bits per heavy atom. The van der Waals surface area contributed by atoms with Gasteiger partial charge in [0.05, 0.1) is 11.8 Å². The highest BCUT2D eigenvalue weighted by Gasteiger charge is 2.12. The molecule has 0 amide bonds. The molecule has 2 rings (SSSR count). The first-order chi connectivity index (χ1) is 7.16. The lowest BCUT2D eigenvalue weighted by atomic mass is 10.3. The van der Waals surface area contributed by atoms with Crippen LogP contribution >= 0.6 is 0 Å². The number of carboxylic acid groups (broad SMARTS) is 1. The number of tetrazole rings is 1. The van der Waals surface area contributed by atoms with Gasteiger partial charge in [0.25, 0.3) is 0 Å². The molecule has 2 aromatic rings. The second-order valence-electron chi connectivity index (χ2n) is 2.96. The summed E-state index contributed by atoms with van der Waals surface area (Å²) >= 11 is 0. The van der Waals surface area contributed by atoms with Crippen molar-refractivity contribution in [3.05, 3.63) is 12.4 Å². The lowest BCUT2D eigenvalue weighted by molar-refractivity contribution is -0.137. The smallest absolute Gasteiger partial charge is 0.325 e. The molecule has 78 valence electrons. The molecule has 0 bridgehead atoms. The third kappa shape index (κ3) is 1.82. The zero-order valence-corrected chi connectivity index (χ0v) is 7.90. The highest BCUT2D eigenvalue weighted by Crippen LogP contribution is 2.13. The number of carboxylic acids is 1. The Labute approximate surface area is 84.1 Å². The molecule has 0 fully saturated rings. The van der Waals surface area contributed by atoms with Crippen molar-refractivity contribution < 1.29 is 9.90 Å². The van der Waals surface area contributed by atoms with Gasteiger partial charge in [0.1, 0.15) is 6.54 Å². The summed E-state index contributed by atoms with van der Waals surface area (Å²) in [7, 11) is 1.76. The number of carbonyl (C=O) groups is 1. The van der Waals surface area contributed by atoms with Crippen LogP contribution in [0.3, 0.4) is 0 Å². The number of hydrogen-bond acceptors (Lipinski definition) is 5. The van der Waals surface area contributed by atoms with Gasteiger partial charge in [-0.3, -0.25) is 9.48 Å². The van der Waals surface area contributed by atoms with E-state index >= 15 is 0 Å². The molecular weight excluding hydrogens is 200 g/mol. The third-order valence-electron chi connectivity index (χ3n) is 1.78. The predicted octanol–water partition coefficient (Wildman–Crippen LogP) is -0.842. The Hall–Kier alpha value is -2.25. The van der Waals surface area contributed by atoms with Gasteiger partial charge in [-0.2, -0.15) is 5.10 Å². The molecule has 0 unspecified atom stereocenters. The van der Waals surface area contributed by atoms with Crippen LogP contribution in [0.1, 0.15) is 0 Å². The molecule has 1 N–H and O–H groups in total. The lowest BCUT2D eigenvalue weighted by Gasteiger charge is -1.97. The van der Waals surface area contributed by atoms with Crippen LogP contribution in [0.15, 0.2) is 12.4 Å². The van der Waals surface area contributed by atoms with Gasteiger partial charge in [-0.15, -0.1) is 5.10 Å². The molecule has 0 aliphatic heterocycles. The van der Waals surface area contributed by atoms with Crippen molar-refractivity contribution in [2.24, 2.45) is 7.05 Å². The third-order valence-corrected chi connectivity index (χ3v) is 1.78. The van der Waals surface area contributed by atoms with Crippen LogP contribution in [-0.4, -0.2) is 41.1 Å². The molecule has 8 nitrogen and oxygen atoms in total. The Morgan fingerprint density at radius 3 is 3.00 bits per heavy atom. The maximum Gasteiger partial charge on any atom is 0.325 e. The maximum absolute atomic E-state index is 10.5. The van der Waals surface area contributed by atoms with Crippen molar-refractivity contribution >= 4 is 5.97 Å². The van der Waals surface area contributed by atoms with Crippen molar-refractivity contribution in [2.45, 2.75) is 6.54 Å². The van der Waals surface area contributed by atoms with Crippen LogP contribution in [-0.2, 0) is 18.4 Å². The molecule has 0 spiro atoms. The normalized spacial score (nSPS) is 10.5. The summed E-state index contributed by atoms with van der Waals surface area (Å²) in [4.78, 5) is 10.5. The maximum atomic E-state index is 10.5. The van der Waals surface area contributed by atoms with E-state index < -0.39 is 5.97 Å². The summed E-state index contributed by atoms with van der Waals surface area (Å²) in [6.07, 6.45) is 3.29. The van der Waals surface area contributed by atoms with Crippen LogP contribution in [0, 0.1) is 0 Å². The van der Waals surface area contributed by atoms with E-state index in [0.717, 1.165) is 0 Å². The van der Waals surface area contributed by atoms with Crippen molar-refractivity contribution in [1.82, 2.24) is 30.0 Å². The van der Waals surface area contributed by atoms with Crippen LogP contribution in [0.5, 0.6) is 0 Å². The van der Waals surface area contributed by atoms with Gasteiger partial charge in [-0.25, -0.2) is 4.68 Å². The zero-order chi connectivity index (χ0) is 10.8. The molecular formula is C7H8N6O2. The molecule has 0 atom stereocenters. The number of aryl methyl sites for hydroxylation is 1. The first-order valence-electron chi connectivity index (χ1n) is 4.14. The summed E-state index contributed by atoms with van der Waals surface area (Å²) in [5.41, 5.74) is 0.684. The molecule has 0 aliphatic rings. The van der Waals surface area contributed by atoms with Crippen LogP contribution < -0.4 is 0 Å². The molecule has 0 saturated carbocycles. The van der Waals surface area contributed by atoms with E-state index in [0.29, 0.717) is 11.4 Å². The zero-order valence-electron chi connectivity index (χ0n) is 7.90. The molecule has 0 aromatic carbocycles. The van der Waals surface area contributed by atoms with Gasteiger partial charge in [-0.1, -0.05) is 0 Å². The average Bonchev–Trinajstić information content (AvgIpc) is 2.72. The monoisotopic (exact) mass is 208 g/mol. The van der Waals surface area contributed by atoms with E-state index in [1.165, 1.54) is 4.68 Å². The van der Waals surface area contributed by atoms with Gasteiger partial charge in [0.2, 0.25) is 0 Å². The molecule has 0 saturated heterocycles. The second-order valence-corrected chi connectivity index (χ2v) is 2.96. The molecule has 2 heterocycles. The summed E-state index contributed by atoms with van der Waals surface area (Å²) in [6.45, 7) is -0.267. The molecule has 0 aliphatic carbocycles. The van der Waals surface area contributed by atoms with E-state index in [1.807, 2.05) is 0 Å². The van der Waals surface area contributed by atoms with E-state index in [9.17, 15) is 4.79 Å². The van der Waals surface area contributed by atoms with Crippen molar-refractivity contribution in [3.63, 3.8) is 0 Å². The van der Waals surface area contributed by atoms with E-state index in [4.69, 9.17) is 5.11 Å². The molecule has 2 aromatic heterocycles. The quantitative estimate of drug-likeness (QED) is 0.705. The fraction of sp³-hybridized carbons (Fsp3) is 0.286. The number of rotatable bonds is 3. The molecule has 15 heavy (non-hydrogen) atoms. The van der Waals surface area contributed by atoms with E-state index in [2.05, 4.69) is 20.6 Å². The van der Waals surface area contributed by atoms with Crippen LogP contribution in [0.25, 0.3) is 11.4 Å². The largest absolute Gasteiger partial charge is 0.480 e. The standard InChI is InChI=1S/C7H8N6O2/c1-12-3-5(2-8-12)7-9-10-11-13(7)4-6(14)15/h2-3H,4H2,1H3,(H,14,15). The number of hydrogen-bond donors (Lipinski definition) is 1. The summed E-state index contributed by atoms with van der Waals surface area (Å²) < 4.78 is 2.80. The Bertz CT molecular complexity index is 487. The first kappa shape index (κ1) is 9.31. The highest BCUT2D eigenvalue weighted by atomic mass is 16.4. The predicted molar refractivity (Wildman–Crippen MR) is 47.7 cm³/mol. The average molecular weight is 208 g/mol. The number of aromatic nitrogens is 6. The lowest BCUT2D eigenvalue weighted by Crippen LogP contribution is -2.11. The SMILES string of the molecule is Cn1cc(-c2nnnn2CC(=O)O)cn1. The minimum atomic E-state index is -0.993. The fourth-order valence-electron chi connectivity index (χ4n) is 1.18. The van der Waals surface area contributed by atoms with Crippen LogP contribution in [0.2, 0.25) is 0 Å². The first-order valence-corrected chi connectivity index (χ1v) is 4.14. The molecule has 8 heteroatoms. The van der Waals surface area contributed by atoms with Gasteiger partial charge >= 0.3 is 5.97 Å². The van der Waals surface area contributed by atoms with E-state index in [1.54, 1.807) is 24.1 Å². The number of nitrogens with zero attached hydrogens (tertiary/aromatic N) is 6. The van der Waals surface area contributed by atoms with Gasteiger partial charge in [0, 0.05) is 13.2 Å². The Balaban J connectivity index is 2.36. The van der Waals surface area contributed by atoms with Crippen molar-refractivity contribution in [3.8, 4) is 11.4 Å². The Kier molecular flexibility index (Phi) is 2.16. The number of aliphatic carboxylic acids is 1. The molecule has 0 radical (unpaired) electrons. The Morgan fingerprint density at radius 2 is 2.40 bits per heavy atom. The summed E-state index contributed by atoms with van der Waals surface area (Å²) in [6, 6.07) is 0. The van der Waals surface area contributed by atoms with Gasteiger partial charge in [-0.05, 0) is 10.4 Å². The highest BCUT2D eigenvalue weighted by molar-refractivity contribution is 5.67. The summed E-state index contributed by atoms with van der Waals surface area (Å²) in [5.74, 6) is -0.599.